The third-order valence-electron chi connectivity index (χ3n) is 4.24. The lowest BCUT2D eigenvalue weighted by molar-refractivity contribution is -0.108. The number of aromatic nitrogens is 1. The molecule has 0 saturated heterocycles. The number of methoxy groups -OCH3 is 1. The first kappa shape index (κ1) is 17.4. The van der Waals surface area contributed by atoms with Gasteiger partial charge in [-0.1, -0.05) is 30.3 Å². The summed E-state index contributed by atoms with van der Waals surface area (Å²) in [5.74, 6) is 0.546. The molecule has 0 spiro atoms. The van der Waals surface area contributed by atoms with E-state index in [9.17, 15) is 4.79 Å². The third-order valence-corrected chi connectivity index (χ3v) is 4.24. The van der Waals surface area contributed by atoms with Gasteiger partial charge in [0.2, 0.25) is 6.41 Å². The Labute approximate surface area is 151 Å². The summed E-state index contributed by atoms with van der Waals surface area (Å²) in [7, 11) is 1.61. The zero-order valence-electron chi connectivity index (χ0n) is 14.9. The Bertz CT molecular complexity index is 999. The van der Waals surface area contributed by atoms with Gasteiger partial charge < -0.3 is 10.1 Å². The van der Waals surface area contributed by atoms with Crippen molar-refractivity contribution in [1.82, 2.24) is 10.3 Å². The van der Waals surface area contributed by atoms with Crippen molar-refractivity contribution in [3.05, 3.63) is 53.6 Å². The molecule has 1 amide bonds. The maximum absolute atomic E-state index is 10.6. The summed E-state index contributed by atoms with van der Waals surface area (Å²) < 4.78 is 5.50. The van der Waals surface area contributed by atoms with Crippen molar-refractivity contribution in [1.29, 1.82) is 5.41 Å². The fraction of sp³-hybridized carbons (Fsp3) is 0.150. The first-order valence-electron chi connectivity index (χ1n) is 8.15. The fourth-order valence-electron chi connectivity index (χ4n) is 2.98. The summed E-state index contributed by atoms with van der Waals surface area (Å²) in [6, 6.07) is 13.7. The first-order chi connectivity index (χ1) is 12.5. The van der Waals surface area contributed by atoms with E-state index in [1.54, 1.807) is 7.11 Å². The molecular weight excluding hydrogens is 328 g/mol. The molecule has 0 unspecified atom stereocenters. The number of guanidine groups is 1. The molecule has 0 radical (unpaired) electrons. The number of benzene rings is 2. The minimum atomic E-state index is -0.106. The quantitative estimate of drug-likeness (QED) is 0.382. The van der Waals surface area contributed by atoms with Crippen LogP contribution in [0.2, 0.25) is 0 Å². The summed E-state index contributed by atoms with van der Waals surface area (Å²) >= 11 is 0. The van der Waals surface area contributed by atoms with E-state index in [-0.39, 0.29) is 5.96 Å². The normalized spacial score (nSPS) is 10.4. The number of hydrogen-bond acceptors (Lipinski definition) is 4. The molecule has 1 aromatic heterocycles. The van der Waals surface area contributed by atoms with Gasteiger partial charge in [0.25, 0.3) is 0 Å². The number of carbonyl (C=O) groups is 1. The van der Waals surface area contributed by atoms with Crippen molar-refractivity contribution in [3.63, 3.8) is 0 Å². The molecule has 0 aliphatic rings. The lowest BCUT2D eigenvalue weighted by Gasteiger charge is -2.16. The van der Waals surface area contributed by atoms with Gasteiger partial charge in [0, 0.05) is 10.9 Å². The monoisotopic (exact) mass is 348 g/mol. The number of carbonyl (C=O) groups excluding carboxylic acids is 1. The Balaban J connectivity index is 2.30. The average molecular weight is 348 g/mol. The highest BCUT2D eigenvalue weighted by molar-refractivity contribution is 6.07. The number of fused-ring (bicyclic) bond motifs is 1. The molecule has 0 fully saturated rings. The van der Waals surface area contributed by atoms with Gasteiger partial charge in [0.1, 0.15) is 11.3 Å². The Hall–Kier alpha value is -3.41. The molecule has 0 aliphatic heterocycles. The number of nitrogens with zero attached hydrogens (tertiary/aromatic N) is 1. The predicted octanol–water partition coefficient (Wildman–Crippen LogP) is 3.62. The molecule has 3 rings (SSSR count). The Morgan fingerprint density at radius 3 is 2.62 bits per heavy atom. The minimum Gasteiger partial charge on any atom is -0.494 e. The van der Waals surface area contributed by atoms with Crippen molar-refractivity contribution < 1.29 is 9.53 Å². The van der Waals surface area contributed by atoms with E-state index in [1.807, 2.05) is 56.3 Å². The summed E-state index contributed by atoms with van der Waals surface area (Å²) in [6.45, 7) is 4.00. The van der Waals surface area contributed by atoms with Gasteiger partial charge in [-0.3, -0.25) is 15.5 Å². The molecule has 132 valence electrons. The van der Waals surface area contributed by atoms with E-state index < -0.39 is 0 Å². The van der Waals surface area contributed by atoms with Gasteiger partial charge >= 0.3 is 0 Å². The molecular formula is C20H20N4O2. The molecule has 0 aliphatic carbocycles. The van der Waals surface area contributed by atoms with E-state index in [0.29, 0.717) is 23.4 Å². The van der Waals surface area contributed by atoms with E-state index in [0.717, 1.165) is 27.8 Å². The van der Waals surface area contributed by atoms with Crippen LogP contribution >= 0.6 is 0 Å². The third kappa shape index (κ3) is 3.21. The number of nitrogens with one attached hydrogen (secondary N) is 3. The summed E-state index contributed by atoms with van der Waals surface area (Å²) in [5.41, 5.74) is 5.24. The summed E-state index contributed by atoms with van der Waals surface area (Å²) in [6.07, 6.45) is 0.467. The van der Waals surface area contributed by atoms with Crippen LogP contribution < -0.4 is 15.4 Å². The lowest BCUT2D eigenvalue weighted by atomic mass is 10.0. The van der Waals surface area contributed by atoms with Gasteiger partial charge in [-0.15, -0.1) is 0 Å². The largest absolute Gasteiger partial charge is 0.494 e. The van der Waals surface area contributed by atoms with Crippen LogP contribution in [0.15, 0.2) is 42.5 Å². The minimum absolute atomic E-state index is 0.106. The van der Waals surface area contributed by atoms with Gasteiger partial charge in [-0.05, 0) is 37.1 Å². The number of anilines is 1. The van der Waals surface area contributed by atoms with Crippen molar-refractivity contribution in [2.24, 2.45) is 0 Å². The highest BCUT2D eigenvalue weighted by Gasteiger charge is 2.15. The van der Waals surface area contributed by atoms with Gasteiger partial charge in [0.15, 0.2) is 5.96 Å². The van der Waals surface area contributed by atoms with Crippen LogP contribution in [0, 0.1) is 19.3 Å². The number of ether oxygens (including phenoxy) is 1. The van der Waals surface area contributed by atoms with Crippen LogP contribution in [0.4, 0.5) is 5.69 Å². The van der Waals surface area contributed by atoms with Crippen LogP contribution in [-0.4, -0.2) is 24.5 Å². The predicted molar refractivity (Wildman–Crippen MR) is 104 cm³/mol. The van der Waals surface area contributed by atoms with Gasteiger partial charge in [-0.2, -0.15) is 0 Å². The zero-order valence-corrected chi connectivity index (χ0v) is 14.9. The second-order valence-electron chi connectivity index (χ2n) is 5.94. The number of pyridine rings is 1. The SMILES string of the molecule is COc1ccc(C)c2c(NC(=N)NC=O)cc(-c3ccccc3C)nc12. The van der Waals surface area contributed by atoms with Crippen LogP contribution in [0.5, 0.6) is 5.75 Å². The molecule has 0 atom stereocenters. The number of rotatable bonds is 4. The number of hydrogen-bond donors (Lipinski definition) is 3. The fourth-order valence-corrected chi connectivity index (χ4v) is 2.98. The Morgan fingerprint density at radius 1 is 1.15 bits per heavy atom. The topological polar surface area (TPSA) is 87.1 Å². The smallest absolute Gasteiger partial charge is 0.213 e. The molecule has 6 nitrogen and oxygen atoms in total. The number of amides is 1. The Morgan fingerprint density at radius 2 is 1.92 bits per heavy atom. The molecule has 0 saturated carbocycles. The molecule has 3 N–H and O–H groups in total. The molecule has 6 heteroatoms. The Kier molecular flexibility index (Phi) is 4.84. The van der Waals surface area contributed by atoms with E-state index in [2.05, 4.69) is 10.6 Å². The lowest BCUT2D eigenvalue weighted by Crippen LogP contribution is -2.28. The maximum atomic E-state index is 10.6. The van der Waals surface area contributed by atoms with E-state index in [4.69, 9.17) is 15.1 Å². The summed E-state index contributed by atoms with van der Waals surface area (Å²) in [4.78, 5) is 15.5. The van der Waals surface area contributed by atoms with E-state index >= 15 is 0 Å². The zero-order chi connectivity index (χ0) is 18.7. The number of aryl methyl sites for hydroxylation is 2. The maximum Gasteiger partial charge on any atom is 0.213 e. The van der Waals surface area contributed by atoms with Crippen LogP contribution in [-0.2, 0) is 4.79 Å². The average Bonchev–Trinajstić information content (AvgIpc) is 2.62. The second-order valence-corrected chi connectivity index (χ2v) is 5.94. The highest BCUT2D eigenvalue weighted by atomic mass is 16.5. The van der Waals surface area contributed by atoms with Gasteiger partial charge in [-0.25, -0.2) is 4.98 Å². The molecule has 26 heavy (non-hydrogen) atoms. The molecule has 2 aromatic carbocycles. The highest BCUT2D eigenvalue weighted by Crippen LogP contribution is 2.36. The standard InChI is InChI=1S/C20H20N4O2/c1-12-6-4-5-7-14(12)15-10-16(24-20(21)22-11-25)18-13(2)8-9-17(26-3)19(18)23-15/h4-11H,1-3H3,(H3,21,22,23,24,25). The van der Waals surface area contributed by atoms with Crippen LogP contribution in [0.1, 0.15) is 11.1 Å². The van der Waals surface area contributed by atoms with Crippen molar-refractivity contribution in [2.45, 2.75) is 13.8 Å². The summed E-state index contributed by atoms with van der Waals surface area (Å²) in [5, 5.41) is 14.0. The van der Waals surface area contributed by atoms with Crippen molar-refractivity contribution >= 4 is 29.0 Å². The molecule has 3 aromatic rings. The molecule has 1 heterocycles. The van der Waals surface area contributed by atoms with Gasteiger partial charge in [0.05, 0.1) is 18.5 Å². The van der Waals surface area contributed by atoms with Crippen molar-refractivity contribution in [2.75, 3.05) is 12.4 Å². The molecule has 0 bridgehead atoms. The second kappa shape index (κ2) is 7.23. The van der Waals surface area contributed by atoms with Crippen LogP contribution in [0.3, 0.4) is 0 Å². The first-order valence-corrected chi connectivity index (χ1v) is 8.15. The van der Waals surface area contributed by atoms with Crippen LogP contribution in [0.25, 0.3) is 22.2 Å². The van der Waals surface area contributed by atoms with Crippen molar-refractivity contribution in [3.8, 4) is 17.0 Å². The van der Waals surface area contributed by atoms with E-state index in [1.165, 1.54) is 0 Å².